The number of ether oxygens (including phenoxy) is 2. The molecule has 4 rings (SSSR count). The van der Waals surface area contributed by atoms with Crippen LogP contribution in [0.4, 0.5) is 11.4 Å². The standard InChI is InChI=1S/C25H27N3O5/c1-5-18-7-6-8-20(11-18)31-14-24(29)26-19-9-10-23-22(12-19)28(25(30)17(4)32-23)13-21-15(2)27-33-16(21)3/h6-12,17H,5,13-14H2,1-4H3,(H,26,29). The number of aryl methyl sites for hydroxylation is 3. The minimum Gasteiger partial charge on any atom is -0.484 e. The molecule has 3 aromatic rings. The van der Waals surface area contributed by atoms with Gasteiger partial charge in [0.15, 0.2) is 12.7 Å². The molecule has 33 heavy (non-hydrogen) atoms. The SMILES string of the molecule is CCc1cccc(OCC(=O)Nc2ccc3c(c2)N(Cc2c(C)noc2C)C(=O)C(C)O3)c1. The first-order valence-electron chi connectivity index (χ1n) is 10.9. The Balaban J connectivity index is 1.50. The summed E-state index contributed by atoms with van der Waals surface area (Å²) in [5.74, 6) is 1.40. The average Bonchev–Trinajstić information content (AvgIpc) is 3.13. The van der Waals surface area contributed by atoms with E-state index < -0.39 is 6.10 Å². The molecule has 8 heteroatoms. The number of benzene rings is 2. The minimum atomic E-state index is -0.620. The number of hydrogen-bond acceptors (Lipinski definition) is 6. The Hall–Kier alpha value is -3.81. The fourth-order valence-electron chi connectivity index (χ4n) is 3.73. The van der Waals surface area contributed by atoms with Gasteiger partial charge in [0.25, 0.3) is 11.8 Å². The molecule has 2 heterocycles. The van der Waals surface area contributed by atoms with Crippen molar-refractivity contribution in [2.24, 2.45) is 0 Å². The molecule has 0 saturated carbocycles. The number of nitrogens with one attached hydrogen (secondary N) is 1. The van der Waals surface area contributed by atoms with E-state index in [4.69, 9.17) is 14.0 Å². The van der Waals surface area contributed by atoms with E-state index in [1.807, 2.05) is 38.1 Å². The summed E-state index contributed by atoms with van der Waals surface area (Å²) in [4.78, 5) is 27.0. The summed E-state index contributed by atoms with van der Waals surface area (Å²) in [5.41, 5.74) is 3.84. The summed E-state index contributed by atoms with van der Waals surface area (Å²) in [6.07, 6.45) is 0.272. The van der Waals surface area contributed by atoms with E-state index in [0.29, 0.717) is 35.2 Å². The van der Waals surface area contributed by atoms with E-state index >= 15 is 0 Å². The van der Waals surface area contributed by atoms with Crippen molar-refractivity contribution in [1.82, 2.24) is 5.16 Å². The summed E-state index contributed by atoms with van der Waals surface area (Å²) in [6.45, 7) is 7.61. The van der Waals surface area contributed by atoms with E-state index in [0.717, 1.165) is 23.2 Å². The van der Waals surface area contributed by atoms with Crippen LogP contribution in [-0.2, 0) is 22.6 Å². The molecule has 1 aliphatic rings. The third kappa shape index (κ3) is 4.84. The van der Waals surface area contributed by atoms with Crippen molar-refractivity contribution < 1.29 is 23.6 Å². The van der Waals surface area contributed by atoms with E-state index in [-0.39, 0.29) is 18.4 Å². The number of fused-ring (bicyclic) bond motifs is 1. The number of carbonyl (C=O) groups is 2. The number of hydrogen-bond donors (Lipinski definition) is 1. The molecule has 1 N–H and O–H groups in total. The lowest BCUT2D eigenvalue weighted by Gasteiger charge is -2.33. The second kappa shape index (κ2) is 9.36. The zero-order valence-corrected chi connectivity index (χ0v) is 19.2. The van der Waals surface area contributed by atoms with Gasteiger partial charge in [0.2, 0.25) is 0 Å². The monoisotopic (exact) mass is 449 g/mol. The van der Waals surface area contributed by atoms with Crippen molar-refractivity contribution in [2.75, 3.05) is 16.8 Å². The molecule has 1 aliphatic heterocycles. The van der Waals surface area contributed by atoms with Crippen molar-refractivity contribution in [3.8, 4) is 11.5 Å². The number of nitrogens with zero attached hydrogens (tertiary/aromatic N) is 2. The van der Waals surface area contributed by atoms with Gasteiger partial charge in [0.1, 0.15) is 17.3 Å². The molecule has 1 aromatic heterocycles. The molecule has 172 valence electrons. The van der Waals surface area contributed by atoms with Crippen LogP contribution in [0.5, 0.6) is 11.5 Å². The van der Waals surface area contributed by atoms with Crippen LogP contribution in [0.2, 0.25) is 0 Å². The van der Waals surface area contributed by atoms with Gasteiger partial charge in [-0.25, -0.2) is 0 Å². The average molecular weight is 450 g/mol. The lowest BCUT2D eigenvalue weighted by Crippen LogP contribution is -2.44. The maximum Gasteiger partial charge on any atom is 0.268 e. The fraction of sp³-hybridized carbons (Fsp3) is 0.320. The number of aromatic nitrogens is 1. The summed E-state index contributed by atoms with van der Waals surface area (Å²) in [7, 11) is 0. The normalized spacial score (nSPS) is 15.1. The maximum absolute atomic E-state index is 12.9. The Labute approximate surface area is 192 Å². The molecule has 1 atom stereocenters. The van der Waals surface area contributed by atoms with Crippen molar-refractivity contribution in [3.63, 3.8) is 0 Å². The fourth-order valence-corrected chi connectivity index (χ4v) is 3.73. The highest BCUT2D eigenvalue weighted by Gasteiger charge is 2.33. The van der Waals surface area contributed by atoms with E-state index in [1.165, 1.54) is 0 Å². The molecule has 1 unspecified atom stereocenters. The highest BCUT2D eigenvalue weighted by atomic mass is 16.5. The van der Waals surface area contributed by atoms with Gasteiger partial charge in [-0.1, -0.05) is 24.2 Å². The lowest BCUT2D eigenvalue weighted by molar-refractivity contribution is -0.125. The van der Waals surface area contributed by atoms with E-state index in [2.05, 4.69) is 17.4 Å². The molecular formula is C25H27N3O5. The largest absolute Gasteiger partial charge is 0.484 e. The summed E-state index contributed by atoms with van der Waals surface area (Å²) in [5, 5.41) is 6.81. The van der Waals surface area contributed by atoms with Crippen LogP contribution < -0.4 is 19.7 Å². The lowest BCUT2D eigenvalue weighted by atomic mass is 10.1. The molecule has 0 bridgehead atoms. The maximum atomic E-state index is 12.9. The molecule has 0 radical (unpaired) electrons. The van der Waals surface area contributed by atoms with Crippen molar-refractivity contribution in [1.29, 1.82) is 0 Å². The molecule has 0 spiro atoms. The van der Waals surface area contributed by atoms with E-state index in [9.17, 15) is 9.59 Å². The number of rotatable bonds is 7. The van der Waals surface area contributed by atoms with Gasteiger partial charge in [0, 0.05) is 11.3 Å². The third-order valence-electron chi connectivity index (χ3n) is 5.63. The van der Waals surface area contributed by atoms with Crippen molar-refractivity contribution >= 4 is 23.2 Å². The quantitative estimate of drug-likeness (QED) is 0.581. The van der Waals surface area contributed by atoms with Crippen molar-refractivity contribution in [2.45, 2.75) is 46.8 Å². The van der Waals surface area contributed by atoms with Gasteiger partial charge < -0.3 is 24.2 Å². The van der Waals surface area contributed by atoms with Crippen LogP contribution in [0.1, 0.15) is 36.4 Å². The Morgan fingerprint density at radius 3 is 2.76 bits per heavy atom. The number of anilines is 2. The second-order valence-corrected chi connectivity index (χ2v) is 8.01. The van der Waals surface area contributed by atoms with Crippen molar-refractivity contribution in [3.05, 3.63) is 65.0 Å². The van der Waals surface area contributed by atoms with E-state index in [1.54, 1.807) is 30.0 Å². The van der Waals surface area contributed by atoms with Crippen LogP contribution in [0.25, 0.3) is 0 Å². The van der Waals surface area contributed by atoms with Crippen LogP contribution in [0.15, 0.2) is 47.0 Å². The first kappa shape index (κ1) is 22.4. The van der Waals surface area contributed by atoms with Gasteiger partial charge in [-0.05, 0) is 63.1 Å². The first-order valence-corrected chi connectivity index (χ1v) is 10.9. The van der Waals surface area contributed by atoms with Gasteiger partial charge >= 0.3 is 0 Å². The highest BCUT2D eigenvalue weighted by molar-refractivity contribution is 6.01. The van der Waals surface area contributed by atoms with Crippen LogP contribution in [0, 0.1) is 13.8 Å². The zero-order chi connectivity index (χ0) is 23.5. The van der Waals surface area contributed by atoms with Gasteiger partial charge in [-0.3, -0.25) is 9.59 Å². The molecule has 8 nitrogen and oxygen atoms in total. The van der Waals surface area contributed by atoms with Crippen LogP contribution in [0.3, 0.4) is 0 Å². The highest BCUT2D eigenvalue weighted by Crippen LogP contribution is 2.37. The summed E-state index contributed by atoms with van der Waals surface area (Å²) in [6, 6.07) is 12.9. The number of amides is 2. The zero-order valence-electron chi connectivity index (χ0n) is 19.2. The third-order valence-corrected chi connectivity index (χ3v) is 5.63. The van der Waals surface area contributed by atoms with Gasteiger partial charge in [-0.2, -0.15) is 0 Å². The Morgan fingerprint density at radius 1 is 1.21 bits per heavy atom. The van der Waals surface area contributed by atoms with Crippen LogP contribution in [-0.4, -0.2) is 29.7 Å². The predicted octanol–water partition coefficient (Wildman–Crippen LogP) is 4.19. The van der Waals surface area contributed by atoms with Crippen LogP contribution >= 0.6 is 0 Å². The Morgan fingerprint density at radius 2 is 2.03 bits per heavy atom. The first-order chi connectivity index (χ1) is 15.9. The summed E-state index contributed by atoms with van der Waals surface area (Å²) < 4.78 is 16.6. The predicted molar refractivity (Wildman–Crippen MR) is 124 cm³/mol. The minimum absolute atomic E-state index is 0.125. The molecule has 0 aliphatic carbocycles. The molecule has 2 aromatic carbocycles. The summed E-state index contributed by atoms with van der Waals surface area (Å²) >= 11 is 0. The Bertz CT molecular complexity index is 1170. The molecular weight excluding hydrogens is 422 g/mol. The van der Waals surface area contributed by atoms with Gasteiger partial charge in [-0.15, -0.1) is 0 Å². The molecule has 2 amide bonds. The van der Waals surface area contributed by atoms with Gasteiger partial charge in [0.05, 0.1) is 17.9 Å². The smallest absolute Gasteiger partial charge is 0.268 e. The second-order valence-electron chi connectivity index (χ2n) is 8.01. The Kier molecular flexibility index (Phi) is 6.35. The molecule has 0 saturated heterocycles. The topological polar surface area (TPSA) is 93.9 Å². The molecule has 0 fully saturated rings. The number of carbonyl (C=O) groups excluding carboxylic acids is 2.